The van der Waals surface area contributed by atoms with Crippen LogP contribution in [-0.4, -0.2) is 68.3 Å². The molecule has 1 heterocycles. The molecule has 0 aliphatic carbocycles. The van der Waals surface area contributed by atoms with Crippen molar-refractivity contribution in [2.45, 2.75) is 6.42 Å². The molecule has 0 aromatic rings. The van der Waals surface area contributed by atoms with Crippen molar-refractivity contribution < 1.29 is 23.1 Å². The fourth-order valence-corrected chi connectivity index (χ4v) is 2.20. The van der Waals surface area contributed by atoms with Crippen LogP contribution in [0.1, 0.15) is 6.42 Å². The molecule has 1 rings (SSSR count). The lowest BCUT2D eigenvalue weighted by atomic mass is 10.1. The Hall–Kier alpha value is -1.19. The summed E-state index contributed by atoms with van der Waals surface area (Å²) >= 11 is 0. The second kappa shape index (κ2) is 5.63. The number of rotatable bonds is 6. The zero-order valence-electron chi connectivity index (χ0n) is 10.3. The van der Waals surface area contributed by atoms with Crippen molar-refractivity contribution in [2.75, 3.05) is 33.7 Å². The number of nitrogens with one attached hydrogen (secondary N) is 1. The first-order valence-electron chi connectivity index (χ1n) is 5.41. The van der Waals surface area contributed by atoms with Crippen LogP contribution in [0.2, 0.25) is 0 Å². The van der Waals surface area contributed by atoms with Crippen LogP contribution in [0.4, 0.5) is 0 Å². The lowest BCUT2D eigenvalue weighted by molar-refractivity contribution is -0.141. The van der Waals surface area contributed by atoms with E-state index >= 15 is 0 Å². The van der Waals surface area contributed by atoms with Crippen LogP contribution >= 0.6 is 0 Å². The van der Waals surface area contributed by atoms with E-state index < -0.39 is 22.1 Å². The largest absolute Gasteiger partial charge is 0.481 e. The van der Waals surface area contributed by atoms with Gasteiger partial charge < -0.3 is 10.0 Å². The highest BCUT2D eigenvalue weighted by Gasteiger charge is 2.33. The number of nitrogens with zero attached hydrogens (tertiary/aromatic N) is 2. The van der Waals surface area contributed by atoms with E-state index in [4.69, 9.17) is 5.11 Å². The molecule has 1 aliphatic rings. The number of aliphatic carboxylic acids is 1. The Morgan fingerprint density at radius 1 is 1.56 bits per heavy atom. The first-order chi connectivity index (χ1) is 8.24. The zero-order valence-corrected chi connectivity index (χ0v) is 11.1. The smallest absolute Gasteiger partial charge is 0.308 e. The number of amides is 1. The number of carboxylic acids is 1. The molecule has 18 heavy (non-hydrogen) atoms. The molecular formula is C9H17N3O5S. The zero-order chi connectivity index (χ0) is 13.9. The first-order valence-corrected chi connectivity index (χ1v) is 6.85. The Morgan fingerprint density at radius 3 is 2.61 bits per heavy atom. The van der Waals surface area contributed by atoms with Gasteiger partial charge in [-0.1, -0.05) is 0 Å². The topological polar surface area (TPSA) is 107 Å². The van der Waals surface area contributed by atoms with Gasteiger partial charge in [-0.2, -0.15) is 12.7 Å². The Kier molecular flexibility index (Phi) is 4.65. The summed E-state index contributed by atoms with van der Waals surface area (Å²) in [6, 6.07) is 0. The molecule has 0 saturated carbocycles. The van der Waals surface area contributed by atoms with Crippen LogP contribution in [0.25, 0.3) is 0 Å². The van der Waals surface area contributed by atoms with Crippen molar-refractivity contribution in [3.05, 3.63) is 0 Å². The van der Waals surface area contributed by atoms with Crippen molar-refractivity contribution in [1.29, 1.82) is 0 Å². The SMILES string of the molecule is CN(C)S(=O)(=O)NCCN1CC(C(=O)O)CC1=O. The fourth-order valence-electron chi connectivity index (χ4n) is 1.59. The van der Waals surface area contributed by atoms with Gasteiger partial charge in [-0.3, -0.25) is 9.59 Å². The summed E-state index contributed by atoms with van der Waals surface area (Å²) in [4.78, 5) is 23.5. The standard InChI is InChI=1S/C9H17N3O5S/c1-11(2)18(16,17)10-3-4-12-6-7(9(14)15)5-8(12)13/h7,10H,3-6H2,1-2H3,(H,14,15). The van der Waals surface area contributed by atoms with Crippen LogP contribution in [0.3, 0.4) is 0 Å². The molecule has 0 radical (unpaired) electrons. The third kappa shape index (κ3) is 3.65. The number of likely N-dealkylation sites (tertiary alicyclic amines) is 1. The molecule has 1 saturated heterocycles. The van der Waals surface area contributed by atoms with Crippen molar-refractivity contribution in [3.63, 3.8) is 0 Å². The minimum Gasteiger partial charge on any atom is -0.481 e. The number of carbonyl (C=O) groups is 2. The Balaban J connectivity index is 2.42. The number of carboxylic acid groups (broad SMARTS) is 1. The van der Waals surface area contributed by atoms with Gasteiger partial charge in [-0.15, -0.1) is 0 Å². The number of hydrogen-bond acceptors (Lipinski definition) is 4. The van der Waals surface area contributed by atoms with Gasteiger partial charge >= 0.3 is 5.97 Å². The van der Waals surface area contributed by atoms with Crippen molar-refractivity contribution in [3.8, 4) is 0 Å². The van der Waals surface area contributed by atoms with Gasteiger partial charge in [0, 0.05) is 40.2 Å². The van der Waals surface area contributed by atoms with Gasteiger partial charge in [0.25, 0.3) is 10.2 Å². The summed E-state index contributed by atoms with van der Waals surface area (Å²) in [6.07, 6.45) is -0.0181. The quantitative estimate of drug-likeness (QED) is 0.603. The summed E-state index contributed by atoms with van der Waals surface area (Å²) in [5, 5.41) is 8.78. The van der Waals surface area contributed by atoms with Gasteiger partial charge in [0.2, 0.25) is 5.91 Å². The Bertz CT molecular complexity index is 433. The summed E-state index contributed by atoms with van der Waals surface area (Å²) in [7, 11) is -0.723. The minimum atomic E-state index is -3.51. The molecule has 1 fully saturated rings. The molecule has 0 spiro atoms. The summed E-state index contributed by atoms with van der Waals surface area (Å²) in [6.45, 7) is 0.381. The summed E-state index contributed by atoms with van der Waals surface area (Å²) in [5.41, 5.74) is 0. The molecule has 0 aromatic carbocycles. The molecule has 8 nitrogen and oxygen atoms in total. The Labute approximate surface area is 106 Å². The maximum Gasteiger partial charge on any atom is 0.308 e. The van der Waals surface area contributed by atoms with E-state index in [2.05, 4.69) is 4.72 Å². The van der Waals surface area contributed by atoms with Crippen LogP contribution in [0.5, 0.6) is 0 Å². The normalized spacial score (nSPS) is 20.7. The van der Waals surface area contributed by atoms with E-state index in [1.165, 1.54) is 19.0 Å². The maximum absolute atomic E-state index is 11.5. The van der Waals surface area contributed by atoms with E-state index in [1.807, 2.05) is 0 Å². The van der Waals surface area contributed by atoms with Gasteiger partial charge in [0.1, 0.15) is 0 Å². The molecule has 104 valence electrons. The third-order valence-electron chi connectivity index (χ3n) is 2.71. The minimum absolute atomic E-state index is 0.0181. The van der Waals surface area contributed by atoms with E-state index in [-0.39, 0.29) is 32.0 Å². The molecule has 1 unspecified atom stereocenters. The maximum atomic E-state index is 11.5. The average molecular weight is 279 g/mol. The predicted octanol–water partition coefficient (Wildman–Crippen LogP) is -1.68. The fraction of sp³-hybridized carbons (Fsp3) is 0.778. The second-order valence-electron chi connectivity index (χ2n) is 4.26. The lowest BCUT2D eigenvalue weighted by Gasteiger charge is -2.17. The molecule has 1 atom stereocenters. The Morgan fingerprint density at radius 2 is 2.17 bits per heavy atom. The van der Waals surface area contributed by atoms with E-state index in [1.54, 1.807) is 0 Å². The average Bonchev–Trinajstić information content (AvgIpc) is 2.60. The van der Waals surface area contributed by atoms with Crippen molar-refractivity contribution in [2.24, 2.45) is 5.92 Å². The van der Waals surface area contributed by atoms with Crippen molar-refractivity contribution >= 4 is 22.1 Å². The number of hydrogen-bond donors (Lipinski definition) is 2. The van der Waals surface area contributed by atoms with Crippen LogP contribution in [0, 0.1) is 5.92 Å². The van der Waals surface area contributed by atoms with Gasteiger partial charge in [0.05, 0.1) is 5.92 Å². The molecule has 1 aliphatic heterocycles. The predicted molar refractivity (Wildman–Crippen MR) is 62.9 cm³/mol. The van der Waals surface area contributed by atoms with Gasteiger partial charge in [0.15, 0.2) is 0 Å². The van der Waals surface area contributed by atoms with Gasteiger partial charge in [-0.05, 0) is 0 Å². The van der Waals surface area contributed by atoms with Gasteiger partial charge in [-0.25, -0.2) is 4.72 Å². The first kappa shape index (κ1) is 14.9. The highest BCUT2D eigenvalue weighted by atomic mass is 32.2. The van der Waals surface area contributed by atoms with Crippen LogP contribution in [0.15, 0.2) is 0 Å². The molecule has 0 bridgehead atoms. The molecule has 1 amide bonds. The lowest BCUT2D eigenvalue weighted by Crippen LogP contribution is -2.40. The van der Waals surface area contributed by atoms with Crippen LogP contribution in [-0.2, 0) is 19.8 Å². The molecular weight excluding hydrogens is 262 g/mol. The molecule has 2 N–H and O–H groups in total. The van der Waals surface area contributed by atoms with Crippen LogP contribution < -0.4 is 4.72 Å². The highest BCUT2D eigenvalue weighted by molar-refractivity contribution is 7.87. The van der Waals surface area contributed by atoms with E-state index in [0.717, 1.165) is 4.31 Å². The highest BCUT2D eigenvalue weighted by Crippen LogP contribution is 2.17. The third-order valence-corrected chi connectivity index (χ3v) is 4.24. The summed E-state index contributed by atoms with van der Waals surface area (Å²) in [5.74, 6) is -1.95. The number of carbonyl (C=O) groups excluding carboxylic acids is 1. The van der Waals surface area contributed by atoms with E-state index in [9.17, 15) is 18.0 Å². The van der Waals surface area contributed by atoms with Crippen molar-refractivity contribution in [1.82, 2.24) is 13.9 Å². The second-order valence-corrected chi connectivity index (χ2v) is 6.23. The monoisotopic (exact) mass is 279 g/mol. The summed E-state index contributed by atoms with van der Waals surface area (Å²) < 4.78 is 26.1. The van der Waals surface area contributed by atoms with E-state index in [0.29, 0.717) is 0 Å². The molecule has 9 heteroatoms. The molecule has 0 aromatic heterocycles.